The van der Waals surface area contributed by atoms with Crippen LogP contribution in [0, 0.1) is 47.1 Å². The average molecular weight is 384 g/mol. The summed E-state index contributed by atoms with van der Waals surface area (Å²) < 4.78 is 108. The second-order valence-corrected chi connectivity index (χ2v) is 5.31. The molecule has 1 fully saturated rings. The Hall–Kier alpha value is -2.66. The summed E-state index contributed by atoms with van der Waals surface area (Å²) in [4.78, 5) is 6.62. The van der Waals surface area contributed by atoms with Gasteiger partial charge in [-0.15, -0.1) is 0 Å². The number of halogens is 8. The molecule has 0 radical (unpaired) electrons. The fraction of sp³-hybridized carbons (Fsp3) is 0.286. The average Bonchev–Trinajstić information content (AvgIpc) is 2.60. The number of hydrogen-bond donors (Lipinski definition) is 0. The topological polar surface area (TPSA) is 32.3 Å². The molecule has 1 aliphatic rings. The number of piperazine rings is 1. The Morgan fingerprint density at radius 1 is 0.462 bits per heavy atom. The minimum atomic E-state index is -1.85. The van der Waals surface area contributed by atoms with Crippen LogP contribution in [0.5, 0.6) is 0 Å². The van der Waals surface area contributed by atoms with Crippen molar-refractivity contribution in [2.45, 2.75) is 0 Å². The van der Waals surface area contributed by atoms with Crippen LogP contribution in [0.3, 0.4) is 0 Å². The van der Waals surface area contributed by atoms with Gasteiger partial charge in [0.05, 0.1) is 0 Å². The summed E-state index contributed by atoms with van der Waals surface area (Å²) in [5.74, 6) is -14.3. The largest absolute Gasteiger partial charge is 0.363 e. The van der Waals surface area contributed by atoms with Crippen molar-refractivity contribution < 1.29 is 35.1 Å². The molecule has 3 heterocycles. The van der Waals surface area contributed by atoms with E-state index in [0.29, 0.717) is 0 Å². The van der Waals surface area contributed by atoms with E-state index in [1.165, 1.54) is 0 Å². The Bertz CT molecular complexity index is 743. The molecular weight excluding hydrogens is 376 g/mol. The second-order valence-electron chi connectivity index (χ2n) is 5.31. The van der Waals surface area contributed by atoms with Crippen LogP contribution in [0.2, 0.25) is 0 Å². The second kappa shape index (κ2) is 6.57. The summed E-state index contributed by atoms with van der Waals surface area (Å²) in [7, 11) is 0. The molecule has 2 aromatic rings. The summed E-state index contributed by atoms with van der Waals surface area (Å²) in [6.07, 6.45) is 0. The van der Waals surface area contributed by atoms with Gasteiger partial charge in [-0.25, -0.2) is 0 Å². The summed E-state index contributed by atoms with van der Waals surface area (Å²) in [6.45, 7) is -1.38. The van der Waals surface area contributed by atoms with Crippen LogP contribution < -0.4 is 9.80 Å². The predicted octanol–water partition coefficient (Wildman–Crippen LogP) is 2.92. The Balaban J connectivity index is 1.88. The van der Waals surface area contributed by atoms with Crippen molar-refractivity contribution in [2.75, 3.05) is 36.0 Å². The lowest BCUT2D eigenvalue weighted by Gasteiger charge is -2.37. The van der Waals surface area contributed by atoms with Crippen LogP contribution in [0.4, 0.5) is 46.5 Å². The number of pyridine rings is 2. The summed E-state index contributed by atoms with van der Waals surface area (Å²) >= 11 is 0. The third-order valence-electron chi connectivity index (χ3n) is 3.86. The minimum Gasteiger partial charge on any atom is -0.363 e. The van der Waals surface area contributed by atoms with Crippen molar-refractivity contribution in [1.82, 2.24) is 9.97 Å². The van der Waals surface area contributed by atoms with Gasteiger partial charge in [0.15, 0.2) is 0 Å². The predicted molar refractivity (Wildman–Crippen MR) is 72.6 cm³/mol. The molecule has 4 nitrogen and oxygen atoms in total. The van der Waals surface area contributed by atoms with E-state index in [1.807, 2.05) is 0 Å². The third kappa shape index (κ3) is 2.88. The number of anilines is 2. The first kappa shape index (κ1) is 18.1. The van der Waals surface area contributed by atoms with Crippen LogP contribution in [0.25, 0.3) is 0 Å². The van der Waals surface area contributed by atoms with Crippen molar-refractivity contribution in [2.24, 2.45) is 0 Å². The molecule has 1 saturated heterocycles. The lowest BCUT2D eigenvalue weighted by atomic mass is 10.2. The molecule has 12 heteroatoms. The molecule has 0 amide bonds. The molecular formula is C14H8F8N4. The Labute approximate surface area is 140 Å². The van der Waals surface area contributed by atoms with Gasteiger partial charge >= 0.3 is 0 Å². The van der Waals surface area contributed by atoms with Crippen molar-refractivity contribution in [3.63, 3.8) is 0 Å². The molecule has 3 rings (SSSR count). The van der Waals surface area contributed by atoms with Crippen molar-refractivity contribution in [3.8, 4) is 0 Å². The molecule has 0 spiro atoms. The van der Waals surface area contributed by atoms with Gasteiger partial charge in [-0.2, -0.15) is 45.1 Å². The fourth-order valence-electron chi connectivity index (χ4n) is 2.66. The van der Waals surface area contributed by atoms with Gasteiger partial charge in [-0.05, 0) is 0 Å². The van der Waals surface area contributed by atoms with Crippen LogP contribution >= 0.6 is 0 Å². The molecule has 0 N–H and O–H groups in total. The molecule has 0 aromatic carbocycles. The first-order valence-corrected chi connectivity index (χ1v) is 7.12. The quantitative estimate of drug-likeness (QED) is 0.589. The maximum Gasteiger partial charge on any atom is 0.253 e. The molecule has 140 valence electrons. The van der Waals surface area contributed by atoms with Gasteiger partial charge in [0.2, 0.25) is 23.3 Å². The summed E-state index contributed by atoms with van der Waals surface area (Å²) in [5, 5.41) is 0. The molecule has 0 saturated carbocycles. The molecule has 0 unspecified atom stereocenters. The highest BCUT2D eigenvalue weighted by Crippen LogP contribution is 2.30. The van der Waals surface area contributed by atoms with Gasteiger partial charge in [-0.3, -0.25) is 0 Å². The van der Waals surface area contributed by atoms with Crippen LogP contribution in [-0.2, 0) is 0 Å². The molecule has 1 aliphatic heterocycles. The molecule has 0 bridgehead atoms. The van der Waals surface area contributed by atoms with E-state index >= 15 is 0 Å². The zero-order valence-corrected chi connectivity index (χ0v) is 12.6. The van der Waals surface area contributed by atoms with E-state index in [4.69, 9.17) is 0 Å². The summed E-state index contributed by atoms with van der Waals surface area (Å²) in [5.41, 5.74) is -2.05. The minimum absolute atomic E-state index is 0.346. The standard InChI is InChI=1S/C14H8F8N4/c15-5-9(6(16)12(20)23-11(5)19)25-1-2-26(4-3-25)10-7(17)13(21)24-14(22)8(10)18/h1-4H2. The number of rotatable bonds is 2. The highest BCUT2D eigenvalue weighted by molar-refractivity contribution is 5.53. The lowest BCUT2D eigenvalue weighted by Crippen LogP contribution is -2.48. The van der Waals surface area contributed by atoms with Crippen molar-refractivity contribution in [1.29, 1.82) is 0 Å². The van der Waals surface area contributed by atoms with E-state index in [-0.39, 0.29) is 26.2 Å². The first-order chi connectivity index (χ1) is 12.2. The van der Waals surface area contributed by atoms with E-state index < -0.39 is 58.4 Å². The Morgan fingerprint density at radius 3 is 0.923 bits per heavy atom. The first-order valence-electron chi connectivity index (χ1n) is 7.12. The highest BCUT2D eigenvalue weighted by Gasteiger charge is 2.31. The van der Waals surface area contributed by atoms with Crippen LogP contribution in [0.15, 0.2) is 0 Å². The number of nitrogens with zero attached hydrogens (tertiary/aromatic N) is 4. The smallest absolute Gasteiger partial charge is 0.253 e. The fourth-order valence-corrected chi connectivity index (χ4v) is 2.66. The van der Waals surface area contributed by atoms with E-state index in [2.05, 4.69) is 9.97 Å². The van der Waals surface area contributed by atoms with Gasteiger partial charge < -0.3 is 9.80 Å². The van der Waals surface area contributed by atoms with E-state index in [9.17, 15) is 35.1 Å². The maximum absolute atomic E-state index is 13.8. The van der Waals surface area contributed by atoms with Crippen LogP contribution in [0.1, 0.15) is 0 Å². The Morgan fingerprint density at radius 2 is 0.692 bits per heavy atom. The summed E-state index contributed by atoms with van der Waals surface area (Å²) in [6, 6.07) is 0. The van der Waals surface area contributed by atoms with Crippen molar-refractivity contribution >= 4 is 11.4 Å². The van der Waals surface area contributed by atoms with Gasteiger partial charge in [0.1, 0.15) is 11.4 Å². The lowest BCUT2D eigenvalue weighted by molar-refractivity contribution is 0.399. The number of hydrogen-bond acceptors (Lipinski definition) is 4. The molecule has 26 heavy (non-hydrogen) atoms. The van der Waals surface area contributed by atoms with Crippen LogP contribution in [-0.4, -0.2) is 36.1 Å². The monoisotopic (exact) mass is 384 g/mol. The SMILES string of the molecule is Fc1nc(F)c(F)c(N2CCN(c3c(F)c(F)nc(F)c3F)CC2)c1F. The van der Waals surface area contributed by atoms with Gasteiger partial charge in [-0.1, -0.05) is 0 Å². The zero-order valence-electron chi connectivity index (χ0n) is 12.6. The Kier molecular flexibility index (Phi) is 4.59. The maximum atomic E-state index is 13.8. The molecule has 0 aliphatic carbocycles. The molecule has 2 aromatic heterocycles. The third-order valence-corrected chi connectivity index (χ3v) is 3.86. The van der Waals surface area contributed by atoms with Crippen molar-refractivity contribution in [3.05, 3.63) is 47.1 Å². The molecule has 0 atom stereocenters. The van der Waals surface area contributed by atoms with Gasteiger partial charge in [0, 0.05) is 26.2 Å². The highest BCUT2D eigenvalue weighted by atomic mass is 19.2. The van der Waals surface area contributed by atoms with E-state index in [0.717, 1.165) is 9.80 Å². The number of aromatic nitrogens is 2. The zero-order chi connectivity index (χ0) is 19.2. The van der Waals surface area contributed by atoms with E-state index in [1.54, 1.807) is 0 Å². The van der Waals surface area contributed by atoms with Gasteiger partial charge in [0.25, 0.3) is 23.8 Å². The normalized spacial score (nSPS) is 14.9.